The predicted molar refractivity (Wildman–Crippen MR) is 84.0 cm³/mol. The second kappa shape index (κ2) is 7.89. The van der Waals surface area contributed by atoms with Crippen LogP contribution in [0.2, 0.25) is 0 Å². The molecule has 1 fully saturated rings. The van der Waals surface area contributed by atoms with E-state index >= 15 is 0 Å². The molecule has 1 aromatic carbocycles. The molecule has 2 rings (SSSR count). The highest BCUT2D eigenvalue weighted by molar-refractivity contribution is 5.62. The number of nitrogens with zero attached hydrogens (tertiary/aromatic N) is 3. The van der Waals surface area contributed by atoms with Gasteiger partial charge in [0.2, 0.25) is 0 Å². The molecule has 8 nitrogen and oxygen atoms in total. The van der Waals surface area contributed by atoms with Crippen molar-refractivity contribution in [1.82, 2.24) is 9.80 Å². The van der Waals surface area contributed by atoms with E-state index in [2.05, 4.69) is 16.8 Å². The van der Waals surface area contributed by atoms with Crippen molar-refractivity contribution in [3.05, 3.63) is 33.9 Å². The molecule has 0 radical (unpaired) electrons. The molecular formula is C15H21N3O5. The zero-order chi connectivity index (χ0) is 16.8. The molecule has 23 heavy (non-hydrogen) atoms. The maximum absolute atomic E-state index is 10.9. The number of aryl methyl sites for hydroxylation is 1. The number of likely N-dealkylation sites (N-methyl/N-ethyl adjacent to an activating group) is 1. The summed E-state index contributed by atoms with van der Waals surface area (Å²) >= 11 is 0. The number of carboxylic acid groups (broad SMARTS) is 1. The van der Waals surface area contributed by atoms with Crippen molar-refractivity contribution in [2.75, 3.05) is 39.8 Å². The van der Waals surface area contributed by atoms with Gasteiger partial charge < -0.3 is 19.6 Å². The Kier molecular flexibility index (Phi) is 5.89. The minimum atomic E-state index is -1.42. The van der Waals surface area contributed by atoms with Crippen LogP contribution in [0.15, 0.2) is 18.2 Å². The summed E-state index contributed by atoms with van der Waals surface area (Å²) in [6.45, 7) is 4.95. The van der Waals surface area contributed by atoms with Gasteiger partial charge in [-0.25, -0.2) is 4.79 Å². The Morgan fingerprint density at radius 1 is 1.35 bits per heavy atom. The summed E-state index contributed by atoms with van der Waals surface area (Å²) in [6.07, 6.45) is -0.0866. The first-order chi connectivity index (χ1) is 11.0. The van der Waals surface area contributed by atoms with Crippen molar-refractivity contribution < 1.29 is 19.6 Å². The second-order valence-corrected chi connectivity index (χ2v) is 5.67. The molecule has 1 aliphatic rings. The van der Waals surface area contributed by atoms with E-state index in [4.69, 9.17) is 9.84 Å². The summed E-state index contributed by atoms with van der Waals surface area (Å²) in [5.41, 5.74) is 0.494. The number of piperazine rings is 1. The molecule has 126 valence electrons. The molecule has 0 amide bonds. The first-order valence-electron chi connectivity index (χ1n) is 7.54. The van der Waals surface area contributed by atoms with E-state index in [9.17, 15) is 14.9 Å². The molecule has 0 unspecified atom stereocenters. The number of non-ortho nitro benzene ring substituents is 1. The Hall–Kier alpha value is -2.19. The first kappa shape index (κ1) is 17.2. The number of rotatable bonds is 6. The van der Waals surface area contributed by atoms with Gasteiger partial charge in [-0.1, -0.05) is 0 Å². The first-order valence-corrected chi connectivity index (χ1v) is 7.54. The Morgan fingerprint density at radius 2 is 2.04 bits per heavy atom. The predicted octanol–water partition coefficient (Wildman–Crippen LogP) is 1.83. The van der Waals surface area contributed by atoms with E-state index in [1.165, 1.54) is 18.2 Å². The lowest BCUT2D eigenvalue weighted by molar-refractivity contribution is -0.384. The number of carbonyl (C=O) groups is 1. The van der Waals surface area contributed by atoms with Crippen LogP contribution in [0.4, 0.5) is 10.5 Å². The monoisotopic (exact) mass is 323 g/mol. The molecule has 0 aromatic heterocycles. The summed E-state index contributed by atoms with van der Waals surface area (Å²) in [6, 6.07) is 3.99. The van der Waals surface area contributed by atoms with Crippen molar-refractivity contribution in [2.45, 2.75) is 12.8 Å². The third kappa shape index (κ3) is 5.19. The van der Waals surface area contributed by atoms with Gasteiger partial charge in [0.15, 0.2) is 0 Å². The SMILES string of the molecule is CN1CCN(CCCc2cc([N+](=O)[O-])ccc2OC(=O)O)CC1. The molecule has 1 N–H and O–H groups in total. The van der Waals surface area contributed by atoms with Gasteiger partial charge in [-0.05, 0) is 32.5 Å². The Labute approximate surface area is 134 Å². The van der Waals surface area contributed by atoms with Crippen LogP contribution in [0, 0.1) is 10.1 Å². The number of hydrogen-bond acceptors (Lipinski definition) is 6. The standard InChI is InChI=1S/C15H21N3O5/c1-16-7-9-17(10-8-16)6-2-3-12-11-13(18(21)22)4-5-14(12)23-15(19)20/h4-5,11H,2-3,6-10H2,1H3,(H,19,20). The van der Waals surface area contributed by atoms with E-state index in [0.29, 0.717) is 12.0 Å². The number of ether oxygens (including phenoxy) is 1. The van der Waals surface area contributed by atoms with E-state index < -0.39 is 11.1 Å². The lowest BCUT2D eigenvalue weighted by Gasteiger charge is -2.32. The molecule has 0 saturated carbocycles. The molecule has 0 atom stereocenters. The topological polar surface area (TPSA) is 96.2 Å². The van der Waals surface area contributed by atoms with Crippen LogP contribution < -0.4 is 4.74 Å². The van der Waals surface area contributed by atoms with Gasteiger partial charge in [0, 0.05) is 43.9 Å². The Morgan fingerprint density at radius 3 is 2.65 bits per heavy atom. The van der Waals surface area contributed by atoms with Crippen molar-refractivity contribution in [3.8, 4) is 5.75 Å². The summed E-state index contributed by atoms with van der Waals surface area (Å²) in [7, 11) is 2.09. The number of nitro groups is 1. The highest BCUT2D eigenvalue weighted by atomic mass is 16.7. The van der Waals surface area contributed by atoms with Gasteiger partial charge in [0.1, 0.15) is 5.75 Å². The van der Waals surface area contributed by atoms with E-state index in [1.807, 2.05) is 0 Å². The van der Waals surface area contributed by atoms with E-state index in [1.54, 1.807) is 0 Å². The minimum absolute atomic E-state index is 0.0580. The van der Waals surface area contributed by atoms with Crippen molar-refractivity contribution in [3.63, 3.8) is 0 Å². The summed E-state index contributed by atoms with van der Waals surface area (Å²) in [5.74, 6) is 0.168. The van der Waals surface area contributed by atoms with Gasteiger partial charge in [0.25, 0.3) is 5.69 Å². The van der Waals surface area contributed by atoms with Crippen LogP contribution in [0.1, 0.15) is 12.0 Å². The number of benzene rings is 1. The molecule has 0 spiro atoms. The van der Waals surface area contributed by atoms with Gasteiger partial charge in [-0.15, -0.1) is 0 Å². The minimum Gasteiger partial charge on any atom is -0.449 e. The number of hydrogen-bond donors (Lipinski definition) is 1. The third-order valence-electron chi connectivity index (χ3n) is 3.97. The smallest absolute Gasteiger partial charge is 0.449 e. The molecular weight excluding hydrogens is 302 g/mol. The van der Waals surface area contributed by atoms with Crippen molar-refractivity contribution in [2.24, 2.45) is 0 Å². The van der Waals surface area contributed by atoms with Crippen LogP contribution in [-0.2, 0) is 6.42 Å². The van der Waals surface area contributed by atoms with Gasteiger partial charge in [-0.3, -0.25) is 10.1 Å². The fourth-order valence-corrected chi connectivity index (χ4v) is 2.63. The van der Waals surface area contributed by atoms with Crippen molar-refractivity contribution in [1.29, 1.82) is 0 Å². The zero-order valence-corrected chi connectivity index (χ0v) is 13.1. The summed E-state index contributed by atoms with van der Waals surface area (Å²) in [4.78, 5) is 25.7. The molecule has 1 saturated heterocycles. The largest absolute Gasteiger partial charge is 0.511 e. The molecule has 1 heterocycles. The van der Waals surface area contributed by atoms with Crippen LogP contribution in [0.25, 0.3) is 0 Å². The lowest BCUT2D eigenvalue weighted by atomic mass is 10.1. The normalized spacial score (nSPS) is 16.2. The van der Waals surface area contributed by atoms with Gasteiger partial charge in [0.05, 0.1) is 4.92 Å². The van der Waals surface area contributed by atoms with Crippen LogP contribution in [0.3, 0.4) is 0 Å². The second-order valence-electron chi connectivity index (χ2n) is 5.67. The van der Waals surface area contributed by atoms with Gasteiger partial charge >= 0.3 is 6.16 Å². The Balaban J connectivity index is 1.97. The zero-order valence-electron chi connectivity index (χ0n) is 13.1. The highest BCUT2D eigenvalue weighted by Crippen LogP contribution is 2.25. The molecule has 8 heteroatoms. The van der Waals surface area contributed by atoms with Gasteiger partial charge in [-0.2, -0.15) is 0 Å². The third-order valence-corrected chi connectivity index (χ3v) is 3.97. The lowest BCUT2D eigenvalue weighted by Crippen LogP contribution is -2.44. The van der Waals surface area contributed by atoms with E-state index in [-0.39, 0.29) is 11.4 Å². The fraction of sp³-hybridized carbons (Fsp3) is 0.533. The molecule has 0 aliphatic carbocycles. The maximum Gasteiger partial charge on any atom is 0.511 e. The highest BCUT2D eigenvalue weighted by Gasteiger charge is 2.16. The average molecular weight is 323 g/mol. The molecule has 1 aliphatic heterocycles. The van der Waals surface area contributed by atoms with E-state index in [0.717, 1.165) is 39.1 Å². The van der Waals surface area contributed by atoms with Crippen LogP contribution >= 0.6 is 0 Å². The summed E-state index contributed by atoms with van der Waals surface area (Å²) in [5, 5.41) is 19.6. The quantitative estimate of drug-likeness (QED) is 0.369. The molecule has 0 bridgehead atoms. The Bertz CT molecular complexity index is 570. The summed E-state index contributed by atoms with van der Waals surface area (Å²) < 4.78 is 4.71. The van der Waals surface area contributed by atoms with Crippen molar-refractivity contribution >= 4 is 11.8 Å². The maximum atomic E-state index is 10.9. The molecule has 1 aromatic rings. The fourth-order valence-electron chi connectivity index (χ4n) is 2.63. The number of nitro benzene ring substituents is 1. The average Bonchev–Trinajstić information content (AvgIpc) is 2.50. The van der Waals surface area contributed by atoms with Crippen LogP contribution in [-0.4, -0.2) is 65.8 Å². The van der Waals surface area contributed by atoms with Crippen LogP contribution in [0.5, 0.6) is 5.75 Å².